The van der Waals surface area contributed by atoms with E-state index >= 15 is 0 Å². The van der Waals surface area contributed by atoms with Crippen molar-refractivity contribution in [3.63, 3.8) is 0 Å². The molecule has 4 nitrogen and oxygen atoms in total. The lowest BCUT2D eigenvalue weighted by atomic mass is 10.1. The van der Waals surface area contributed by atoms with E-state index in [0.29, 0.717) is 0 Å². The predicted octanol–water partition coefficient (Wildman–Crippen LogP) is 3.26. The van der Waals surface area contributed by atoms with Gasteiger partial charge in [0.15, 0.2) is 0 Å². The molecule has 0 atom stereocenters. The smallest absolute Gasteiger partial charge is 0.258 e. The number of hydrogen-bond acceptors (Lipinski definition) is 4. The minimum atomic E-state index is -0.383. The highest BCUT2D eigenvalue weighted by atomic mass is 32.1. The van der Waals surface area contributed by atoms with Crippen LogP contribution in [0.3, 0.4) is 0 Å². The van der Waals surface area contributed by atoms with E-state index in [2.05, 4.69) is 4.98 Å². The van der Waals surface area contributed by atoms with Crippen molar-refractivity contribution in [2.24, 2.45) is 0 Å². The monoisotopic (exact) mass is 248 g/mol. The average molecular weight is 248 g/mol. The summed E-state index contributed by atoms with van der Waals surface area (Å²) >= 11 is 1.67. The molecule has 88 valence electrons. The van der Waals surface area contributed by atoms with Crippen molar-refractivity contribution < 1.29 is 4.92 Å². The molecule has 0 saturated carbocycles. The zero-order valence-electron chi connectivity index (χ0n) is 9.64. The molecule has 2 aromatic rings. The van der Waals surface area contributed by atoms with E-state index in [1.54, 1.807) is 35.6 Å². The Morgan fingerprint density at radius 1 is 1.29 bits per heavy atom. The van der Waals surface area contributed by atoms with E-state index in [1.165, 1.54) is 4.88 Å². The summed E-state index contributed by atoms with van der Waals surface area (Å²) in [5, 5.41) is 11.6. The van der Waals surface area contributed by atoms with Crippen molar-refractivity contribution >= 4 is 17.0 Å². The number of rotatable bonds is 3. The molecule has 1 aromatic carbocycles. The maximum absolute atomic E-state index is 10.5. The third-order valence-electron chi connectivity index (χ3n) is 2.51. The van der Waals surface area contributed by atoms with Gasteiger partial charge >= 0.3 is 0 Å². The average Bonchev–Trinajstić information content (AvgIpc) is 2.58. The number of hydrogen-bond donors (Lipinski definition) is 0. The number of benzene rings is 1. The molecule has 5 heteroatoms. The Hall–Kier alpha value is -1.75. The van der Waals surface area contributed by atoms with Crippen LogP contribution in [0.15, 0.2) is 24.3 Å². The Morgan fingerprint density at radius 3 is 2.41 bits per heavy atom. The number of nitro groups is 1. The molecule has 0 aliphatic heterocycles. The third-order valence-corrected chi connectivity index (χ3v) is 3.58. The van der Waals surface area contributed by atoms with Gasteiger partial charge in [0.2, 0.25) is 0 Å². The van der Waals surface area contributed by atoms with Crippen molar-refractivity contribution in [3.8, 4) is 0 Å². The zero-order chi connectivity index (χ0) is 12.4. The molecule has 0 saturated heterocycles. The fourth-order valence-electron chi connectivity index (χ4n) is 1.66. The van der Waals surface area contributed by atoms with Crippen LogP contribution in [-0.4, -0.2) is 9.91 Å². The van der Waals surface area contributed by atoms with E-state index in [0.717, 1.165) is 22.7 Å². The van der Waals surface area contributed by atoms with Gasteiger partial charge in [0.25, 0.3) is 5.69 Å². The van der Waals surface area contributed by atoms with E-state index in [4.69, 9.17) is 0 Å². The van der Waals surface area contributed by atoms with Crippen LogP contribution < -0.4 is 0 Å². The Kier molecular flexibility index (Phi) is 3.19. The zero-order valence-corrected chi connectivity index (χ0v) is 10.5. The number of aryl methyl sites for hydroxylation is 2. The Morgan fingerprint density at radius 2 is 1.94 bits per heavy atom. The second-order valence-electron chi connectivity index (χ2n) is 3.84. The van der Waals surface area contributed by atoms with Crippen LogP contribution in [0.4, 0.5) is 5.69 Å². The summed E-state index contributed by atoms with van der Waals surface area (Å²) in [7, 11) is 0. The molecular weight excluding hydrogens is 236 g/mol. The van der Waals surface area contributed by atoms with E-state index in [1.807, 2.05) is 13.8 Å². The first-order valence-corrected chi connectivity index (χ1v) is 6.04. The summed E-state index contributed by atoms with van der Waals surface area (Å²) in [6, 6.07) is 6.68. The first-order chi connectivity index (χ1) is 8.06. The molecule has 0 N–H and O–H groups in total. The molecule has 0 radical (unpaired) electrons. The van der Waals surface area contributed by atoms with E-state index in [9.17, 15) is 10.1 Å². The quantitative estimate of drug-likeness (QED) is 0.618. The van der Waals surface area contributed by atoms with Crippen molar-refractivity contribution in [1.82, 2.24) is 4.98 Å². The summed E-state index contributed by atoms with van der Waals surface area (Å²) in [4.78, 5) is 15.7. The van der Waals surface area contributed by atoms with Crippen molar-refractivity contribution in [2.45, 2.75) is 20.3 Å². The summed E-state index contributed by atoms with van der Waals surface area (Å²) in [6.45, 7) is 3.97. The van der Waals surface area contributed by atoms with Crippen molar-refractivity contribution in [1.29, 1.82) is 0 Å². The molecule has 17 heavy (non-hydrogen) atoms. The molecule has 0 unspecified atom stereocenters. The maximum Gasteiger partial charge on any atom is 0.269 e. The molecule has 0 bridgehead atoms. The summed E-state index contributed by atoms with van der Waals surface area (Å²) in [5.74, 6) is 0. The molecule has 0 aliphatic carbocycles. The standard InChI is InChI=1S/C12H12N2O2S/c1-8-12(17-9(2)13-8)7-10-3-5-11(6-4-10)14(15)16/h3-6H,7H2,1-2H3. The van der Waals surface area contributed by atoms with Crippen LogP contribution in [-0.2, 0) is 6.42 Å². The largest absolute Gasteiger partial charge is 0.269 e. The fraction of sp³-hybridized carbons (Fsp3) is 0.250. The number of nitrogens with zero attached hydrogens (tertiary/aromatic N) is 2. The molecule has 0 aliphatic rings. The van der Waals surface area contributed by atoms with Gasteiger partial charge in [-0.3, -0.25) is 10.1 Å². The van der Waals surface area contributed by atoms with Crippen molar-refractivity contribution in [2.75, 3.05) is 0 Å². The molecule has 0 spiro atoms. The molecule has 0 fully saturated rings. The lowest BCUT2D eigenvalue weighted by molar-refractivity contribution is -0.384. The number of nitro benzene ring substituents is 1. The Balaban J connectivity index is 2.19. The highest BCUT2D eigenvalue weighted by Gasteiger charge is 2.08. The van der Waals surface area contributed by atoms with Gasteiger partial charge in [-0.05, 0) is 19.4 Å². The summed E-state index contributed by atoms with van der Waals surface area (Å²) in [6.07, 6.45) is 0.787. The number of non-ortho nitro benzene ring substituents is 1. The number of aromatic nitrogens is 1. The molecule has 1 heterocycles. The maximum atomic E-state index is 10.5. The SMILES string of the molecule is Cc1nc(C)c(Cc2ccc([N+](=O)[O-])cc2)s1. The van der Waals surface area contributed by atoms with E-state index in [-0.39, 0.29) is 10.6 Å². The van der Waals surface area contributed by atoms with Gasteiger partial charge in [-0.15, -0.1) is 11.3 Å². The van der Waals surface area contributed by atoms with Crippen LogP contribution in [0, 0.1) is 24.0 Å². The first-order valence-electron chi connectivity index (χ1n) is 5.22. The van der Waals surface area contributed by atoms with Crippen LogP contribution in [0.25, 0.3) is 0 Å². The summed E-state index contributed by atoms with van der Waals surface area (Å²) < 4.78 is 0. The topological polar surface area (TPSA) is 56.0 Å². The Labute approximate surface area is 103 Å². The van der Waals surface area contributed by atoms with Gasteiger partial charge in [0.1, 0.15) is 0 Å². The molecule has 0 amide bonds. The molecular formula is C12H12N2O2S. The van der Waals surface area contributed by atoms with Gasteiger partial charge in [0.05, 0.1) is 15.6 Å². The van der Waals surface area contributed by atoms with Crippen molar-refractivity contribution in [3.05, 3.63) is 55.5 Å². The van der Waals surface area contributed by atoms with Crippen LogP contribution in [0.2, 0.25) is 0 Å². The second-order valence-corrected chi connectivity index (χ2v) is 5.13. The third kappa shape index (κ3) is 2.68. The van der Waals surface area contributed by atoms with Crippen LogP contribution in [0.1, 0.15) is 21.1 Å². The lowest BCUT2D eigenvalue weighted by Gasteiger charge is -1.99. The first kappa shape index (κ1) is 11.7. The minimum absolute atomic E-state index is 0.131. The fourth-order valence-corrected chi connectivity index (χ4v) is 2.63. The highest BCUT2D eigenvalue weighted by molar-refractivity contribution is 7.11. The van der Waals surface area contributed by atoms with Gasteiger partial charge < -0.3 is 0 Å². The summed E-state index contributed by atoms with van der Waals surface area (Å²) in [5.41, 5.74) is 2.25. The molecule has 1 aromatic heterocycles. The van der Waals surface area contributed by atoms with Gasteiger partial charge in [-0.25, -0.2) is 4.98 Å². The normalized spacial score (nSPS) is 10.5. The van der Waals surface area contributed by atoms with Gasteiger partial charge in [0, 0.05) is 23.4 Å². The minimum Gasteiger partial charge on any atom is -0.258 e. The van der Waals surface area contributed by atoms with Crippen LogP contribution in [0.5, 0.6) is 0 Å². The van der Waals surface area contributed by atoms with Gasteiger partial charge in [-0.2, -0.15) is 0 Å². The van der Waals surface area contributed by atoms with Gasteiger partial charge in [-0.1, -0.05) is 12.1 Å². The Bertz CT molecular complexity index is 546. The second kappa shape index (κ2) is 4.63. The van der Waals surface area contributed by atoms with E-state index < -0.39 is 0 Å². The highest BCUT2D eigenvalue weighted by Crippen LogP contribution is 2.22. The predicted molar refractivity (Wildman–Crippen MR) is 67.5 cm³/mol. The number of thiazole rings is 1. The lowest BCUT2D eigenvalue weighted by Crippen LogP contribution is -1.90. The van der Waals surface area contributed by atoms with Crippen LogP contribution >= 0.6 is 11.3 Å². The molecule has 2 rings (SSSR count).